The van der Waals surface area contributed by atoms with Gasteiger partial charge in [0.05, 0.1) is 6.04 Å². The summed E-state index contributed by atoms with van der Waals surface area (Å²) in [6.07, 6.45) is 2.24. The van der Waals surface area contributed by atoms with Crippen molar-refractivity contribution in [3.8, 4) is 0 Å². The molecule has 1 aromatic rings. The Morgan fingerprint density at radius 3 is 2.06 bits per heavy atom. The maximum atomic E-state index is 12.9. The van der Waals surface area contributed by atoms with Crippen LogP contribution >= 0.6 is 24.4 Å². The molecule has 0 aromatic heterocycles. The Bertz CT molecular complexity index is 748. The van der Waals surface area contributed by atoms with Crippen LogP contribution in [0.4, 0.5) is 0 Å². The van der Waals surface area contributed by atoms with E-state index in [1.54, 1.807) is 24.3 Å². The van der Waals surface area contributed by atoms with Gasteiger partial charge in [0, 0.05) is 12.2 Å². The highest BCUT2D eigenvalue weighted by molar-refractivity contribution is 7.98. The van der Waals surface area contributed by atoms with Crippen molar-refractivity contribution in [3.05, 3.63) is 35.9 Å². The van der Waals surface area contributed by atoms with E-state index in [0.29, 0.717) is 5.75 Å². The normalized spacial score (nSPS) is 14.6. The lowest BCUT2D eigenvalue weighted by atomic mass is 10.0. The lowest BCUT2D eigenvalue weighted by Gasteiger charge is -2.24. The van der Waals surface area contributed by atoms with Gasteiger partial charge < -0.3 is 26.8 Å². The third-order valence-corrected chi connectivity index (χ3v) is 5.38. The molecule has 0 aliphatic carbocycles. The van der Waals surface area contributed by atoms with Crippen molar-refractivity contribution in [3.63, 3.8) is 0 Å². The summed E-state index contributed by atoms with van der Waals surface area (Å²) in [7, 11) is 0. The molecule has 0 saturated carbocycles. The van der Waals surface area contributed by atoms with Gasteiger partial charge in [-0.25, -0.2) is 4.79 Å². The molecule has 31 heavy (non-hydrogen) atoms. The Hall–Kier alpha value is -2.24. The third-order valence-electron chi connectivity index (χ3n) is 4.37. The number of carboxylic acid groups (broad SMARTS) is 1. The molecule has 6 N–H and O–H groups in total. The Balaban J connectivity index is 2.99. The van der Waals surface area contributed by atoms with Crippen LogP contribution in [0.15, 0.2) is 30.3 Å². The highest BCUT2D eigenvalue weighted by Crippen LogP contribution is 2.07. The minimum absolute atomic E-state index is 0.00452. The van der Waals surface area contributed by atoms with E-state index in [9.17, 15) is 24.3 Å². The van der Waals surface area contributed by atoms with Crippen LogP contribution in [0.25, 0.3) is 0 Å². The number of benzene rings is 1. The van der Waals surface area contributed by atoms with Gasteiger partial charge in [-0.05, 0) is 30.9 Å². The molecule has 0 bridgehead atoms. The second-order valence-corrected chi connectivity index (χ2v) is 8.31. The fraction of sp³-hybridized carbons (Fsp3) is 0.500. The summed E-state index contributed by atoms with van der Waals surface area (Å²) >= 11 is 5.56. The lowest BCUT2D eigenvalue weighted by molar-refractivity contribution is -0.142. The molecule has 4 unspecified atom stereocenters. The summed E-state index contributed by atoms with van der Waals surface area (Å²) in [5.41, 5.74) is 6.30. The molecule has 0 fully saturated rings. The molecule has 0 aliphatic heterocycles. The van der Waals surface area contributed by atoms with E-state index in [2.05, 4.69) is 28.6 Å². The quantitative estimate of drug-likeness (QED) is 0.219. The first-order valence-electron chi connectivity index (χ1n) is 9.72. The zero-order chi connectivity index (χ0) is 23.4. The van der Waals surface area contributed by atoms with Gasteiger partial charge in [-0.2, -0.15) is 24.4 Å². The number of nitrogens with one attached hydrogen (secondary N) is 3. The van der Waals surface area contributed by atoms with Crippen LogP contribution in [0, 0.1) is 0 Å². The zero-order valence-electron chi connectivity index (χ0n) is 17.5. The lowest BCUT2D eigenvalue weighted by Crippen LogP contribution is -2.58. The Morgan fingerprint density at radius 2 is 1.55 bits per heavy atom. The smallest absolute Gasteiger partial charge is 0.326 e. The van der Waals surface area contributed by atoms with E-state index in [1.165, 1.54) is 18.7 Å². The predicted molar refractivity (Wildman–Crippen MR) is 124 cm³/mol. The molecule has 172 valence electrons. The van der Waals surface area contributed by atoms with Gasteiger partial charge in [0.25, 0.3) is 0 Å². The van der Waals surface area contributed by atoms with Crippen molar-refractivity contribution >= 4 is 48.1 Å². The number of carboxylic acids is 1. The maximum absolute atomic E-state index is 12.9. The molecule has 3 amide bonds. The molecule has 4 atom stereocenters. The van der Waals surface area contributed by atoms with Crippen LogP contribution in [0.5, 0.6) is 0 Å². The molecular weight excluding hydrogens is 440 g/mol. The number of rotatable bonds is 13. The summed E-state index contributed by atoms with van der Waals surface area (Å²) < 4.78 is 0. The summed E-state index contributed by atoms with van der Waals surface area (Å²) in [5, 5.41) is 17.0. The topological polar surface area (TPSA) is 151 Å². The maximum Gasteiger partial charge on any atom is 0.326 e. The van der Waals surface area contributed by atoms with Gasteiger partial charge in [0.2, 0.25) is 17.7 Å². The fourth-order valence-electron chi connectivity index (χ4n) is 2.59. The van der Waals surface area contributed by atoms with E-state index in [4.69, 9.17) is 5.73 Å². The van der Waals surface area contributed by atoms with Crippen molar-refractivity contribution in [1.82, 2.24) is 16.0 Å². The van der Waals surface area contributed by atoms with Crippen molar-refractivity contribution in [1.29, 1.82) is 0 Å². The van der Waals surface area contributed by atoms with Gasteiger partial charge in [0.1, 0.15) is 18.1 Å². The molecular formula is C20H30N4O5S2. The van der Waals surface area contributed by atoms with Crippen LogP contribution in [-0.2, 0) is 25.6 Å². The predicted octanol–water partition coefficient (Wildman–Crippen LogP) is -0.202. The van der Waals surface area contributed by atoms with Gasteiger partial charge in [-0.1, -0.05) is 30.3 Å². The van der Waals surface area contributed by atoms with Crippen LogP contribution in [0.3, 0.4) is 0 Å². The molecule has 0 radical (unpaired) electrons. The van der Waals surface area contributed by atoms with Crippen LogP contribution in [0.2, 0.25) is 0 Å². The number of hydrogen-bond donors (Lipinski definition) is 6. The molecule has 1 rings (SSSR count). The number of hydrogen-bond acceptors (Lipinski definition) is 7. The molecule has 0 heterocycles. The molecule has 1 aromatic carbocycles. The SMILES string of the molecule is CSCCC(NC(=O)C(Cc1ccccc1)NC(=O)C(CS)NC(=O)C(C)N)C(=O)O. The highest BCUT2D eigenvalue weighted by atomic mass is 32.2. The third kappa shape index (κ3) is 9.62. The highest BCUT2D eigenvalue weighted by Gasteiger charge is 2.29. The van der Waals surface area contributed by atoms with Gasteiger partial charge in [0.15, 0.2) is 0 Å². The molecule has 0 spiro atoms. The first-order chi connectivity index (χ1) is 14.7. The van der Waals surface area contributed by atoms with E-state index in [1.807, 2.05) is 12.3 Å². The summed E-state index contributed by atoms with van der Waals surface area (Å²) in [6, 6.07) is 5.07. The van der Waals surface area contributed by atoms with E-state index in [0.717, 1.165) is 5.56 Å². The fourth-order valence-corrected chi connectivity index (χ4v) is 3.32. The first kappa shape index (κ1) is 26.8. The molecule has 0 saturated heterocycles. The number of thiol groups is 1. The Morgan fingerprint density at radius 1 is 1.00 bits per heavy atom. The average molecular weight is 471 g/mol. The number of amides is 3. The summed E-state index contributed by atoms with van der Waals surface area (Å²) in [5.74, 6) is -2.36. The summed E-state index contributed by atoms with van der Waals surface area (Å²) in [4.78, 5) is 48.9. The minimum atomic E-state index is -1.15. The van der Waals surface area contributed by atoms with Crippen molar-refractivity contribution in [2.45, 2.75) is 43.9 Å². The van der Waals surface area contributed by atoms with E-state index in [-0.39, 0.29) is 18.6 Å². The van der Waals surface area contributed by atoms with Crippen LogP contribution in [0.1, 0.15) is 18.9 Å². The Labute approximate surface area is 191 Å². The molecule has 0 aliphatic rings. The van der Waals surface area contributed by atoms with Crippen molar-refractivity contribution in [2.24, 2.45) is 5.73 Å². The van der Waals surface area contributed by atoms with Crippen molar-refractivity contribution < 1.29 is 24.3 Å². The molecule has 9 nitrogen and oxygen atoms in total. The van der Waals surface area contributed by atoms with Gasteiger partial charge >= 0.3 is 5.97 Å². The standard InChI is InChI=1S/C20H30N4O5S2/c1-12(21)17(25)24-16(11-30)19(27)23-15(10-13-6-4-3-5-7-13)18(26)22-14(20(28)29)8-9-31-2/h3-7,12,14-16,30H,8-11,21H2,1-2H3,(H,22,26)(H,23,27)(H,24,25)(H,28,29). The Kier molecular flexibility index (Phi) is 12.1. The zero-order valence-corrected chi connectivity index (χ0v) is 19.2. The number of thioether (sulfide) groups is 1. The second-order valence-electron chi connectivity index (χ2n) is 6.96. The van der Waals surface area contributed by atoms with E-state index < -0.39 is 47.9 Å². The minimum Gasteiger partial charge on any atom is -0.480 e. The number of carbonyl (C=O) groups is 4. The number of nitrogens with two attached hydrogens (primary N) is 1. The van der Waals surface area contributed by atoms with Crippen LogP contribution in [-0.4, -0.2) is 70.7 Å². The number of aliphatic carboxylic acids is 1. The average Bonchev–Trinajstić information content (AvgIpc) is 2.74. The first-order valence-corrected chi connectivity index (χ1v) is 11.7. The molecule has 11 heteroatoms. The van der Waals surface area contributed by atoms with Crippen LogP contribution < -0.4 is 21.7 Å². The number of carbonyl (C=O) groups excluding carboxylic acids is 3. The van der Waals surface area contributed by atoms with Gasteiger partial charge in [-0.15, -0.1) is 0 Å². The monoisotopic (exact) mass is 470 g/mol. The van der Waals surface area contributed by atoms with E-state index >= 15 is 0 Å². The van der Waals surface area contributed by atoms with Gasteiger partial charge in [-0.3, -0.25) is 14.4 Å². The largest absolute Gasteiger partial charge is 0.480 e. The second kappa shape index (κ2) is 13.9. The summed E-state index contributed by atoms with van der Waals surface area (Å²) in [6.45, 7) is 1.48. The van der Waals surface area contributed by atoms with Crippen molar-refractivity contribution in [2.75, 3.05) is 17.8 Å².